The SMILES string of the molecule is CC(C(=O)Nc1ccc2c(c1)OCCCO2)N1CCCCCC1. The quantitative estimate of drug-likeness (QED) is 0.930. The zero-order valence-corrected chi connectivity index (χ0v) is 13.8. The molecule has 1 amide bonds. The number of anilines is 1. The molecule has 3 rings (SSSR count). The van der Waals surface area contributed by atoms with E-state index in [1.165, 1.54) is 25.7 Å². The summed E-state index contributed by atoms with van der Waals surface area (Å²) in [5, 5.41) is 3.01. The molecule has 1 atom stereocenters. The highest BCUT2D eigenvalue weighted by Crippen LogP contribution is 2.32. The molecule has 1 N–H and O–H groups in total. The van der Waals surface area contributed by atoms with Gasteiger partial charge in [-0.1, -0.05) is 12.8 Å². The van der Waals surface area contributed by atoms with Crippen LogP contribution in [0.5, 0.6) is 11.5 Å². The van der Waals surface area contributed by atoms with E-state index in [1.807, 2.05) is 25.1 Å². The lowest BCUT2D eigenvalue weighted by Crippen LogP contribution is -2.42. The molecule has 1 saturated heterocycles. The molecule has 1 fully saturated rings. The third-order valence-corrected chi connectivity index (χ3v) is 4.58. The van der Waals surface area contributed by atoms with E-state index in [4.69, 9.17) is 9.47 Å². The van der Waals surface area contributed by atoms with Crippen molar-refractivity contribution in [1.82, 2.24) is 4.90 Å². The van der Waals surface area contributed by atoms with Crippen LogP contribution in [-0.4, -0.2) is 43.2 Å². The van der Waals surface area contributed by atoms with Crippen molar-refractivity contribution in [3.63, 3.8) is 0 Å². The van der Waals surface area contributed by atoms with E-state index in [0.29, 0.717) is 19.0 Å². The van der Waals surface area contributed by atoms with Crippen LogP contribution in [0.1, 0.15) is 39.0 Å². The molecule has 0 saturated carbocycles. The molecule has 0 radical (unpaired) electrons. The molecule has 126 valence electrons. The van der Waals surface area contributed by atoms with Gasteiger partial charge in [0.1, 0.15) is 0 Å². The zero-order valence-electron chi connectivity index (χ0n) is 13.8. The summed E-state index contributed by atoms with van der Waals surface area (Å²) >= 11 is 0. The number of likely N-dealkylation sites (tertiary alicyclic amines) is 1. The number of nitrogens with one attached hydrogen (secondary N) is 1. The predicted octanol–water partition coefficient (Wildman–Crippen LogP) is 3.05. The van der Waals surface area contributed by atoms with Gasteiger partial charge in [-0.3, -0.25) is 9.69 Å². The molecule has 0 aromatic heterocycles. The second-order valence-electron chi connectivity index (χ2n) is 6.33. The summed E-state index contributed by atoms with van der Waals surface area (Å²) in [6.07, 6.45) is 5.78. The van der Waals surface area contributed by atoms with Crippen LogP contribution in [0.15, 0.2) is 18.2 Å². The van der Waals surface area contributed by atoms with Crippen LogP contribution in [0.2, 0.25) is 0 Å². The lowest BCUT2D eigenvalue weighted by Gasteiger charge is -2.26. The number of amides is 1. The van der Waals surface area contributed by atoms with Crippen LogP contribution >= 0.6 is 0 Å². The highest BCUT2D eigenvalue weighted by atomic mass is 16.5. The Morgan fingerprint density at radius 2 is 1.74 bits per heavy atom. The first kappa shape index (κ1) is 16.1. The van der Waals surface area contributed by atoms with Crippen LogP contribution < -0.4 is 14.8 Å². The Balaban J connectivity index is 1.63. The topological polar surface area (TPSA) is 50.8 Å². The van der Waals surface area contributed by atoms with Crippen LogP contribution in [0.3, 0.4) is 0 Å². The number of nitrogens with zero attached hydrogens (tertiary/aromatic N) is 1. The van der Waals surface area contributed by atoms with Crippen molar-refractivity contribution in [2.75, 3.05) is 31.6 Å². The van der Waals surface area contributed by atoms with Gasteiger partial charge in [-0.25, -0.2) is 0 Å². The molecule has 5 nitrogen and oxygen atoms in total. The van der Waals surface area contributed by atoms with E-state index in [1.54, 1.807) is 0 Å². The molecular formula is C18H26N2O3. The molecule has 23 heavy (non-hydrogen) atoms. The molecule has 1 aromatic carbocycles. The van der Waals surface area contributed by atoms with E-state index < -0.39 is 0 Å². The van der Waals surface area contributed by atoms with Crippen molar-refractivity contribution < 1.29 is 14.3 Å². The van der Waals surface area contributed by atoms with Crippen LogP contribution in [-0.2, 0) is 4.79 Å². The lowest BCUT2D eigenvalue weighted by molar-refractivity contribution is -0.120. The van der Waals surface area contributed by atoms with Gasteiger partial charge >= 0.3 is 0 Å². The number of carbonyl (C=O) groups excluding carboxylic acids is 1. The Morgan fingerprint density at radius 1 is 1.04 bits per heavy atom. The summed E-state index contributed by atoms with van der Waals surface area (Å²) in [7, 11) is 0. The van der Waals surface area contributed by atoms with Crippen molar-refractivity contribution in [2.45, 2.75) is 45.1 Å². The standard InChI is InChI=1S/C18H26N2O3/c1-14(20-9-4-2-3-5-10-20)18(21)19-15-7-8-16-17(13-15)23-12-6-11-22-16/h7-8,13-14H,2-6,9-12H2,1H3,(H,19,21). The number of carbonyl (C=O) groups is 1. The van der Waals surface area contributed by atoms with Crippen LogP contribution in [0.4, 0.5) is 5.69 Å². The van der Waals surface area contributed by atoms with Gasteiger partial charge < -0.3 is 14.8 Å². The zero-order chi connectivity index (χ0) is 16.1. The van der Waals surface area contributed by atoms with Crippen molar-refractivity contribution >= 4 is 11.6 Å². The minimum absolute atomic E-state index is 0.0430. The van der Waals surface area contributed by atoms with Gasteiger partial charge in [-0.05, 0) is 45.0 Å². The highest BCUT2D eigenvalue weighted by molar-refractivity contribution is 5.94. The van der Waals surface area contributed by atoms with E-state index in [-0.39, 0.29) is 11.9 Å². The Bertz CT molecular complexity index is 539. The normalized spacial score (nSPS) is 20.2. The molecule has 1 aromatic rings. The largest absolute Gasteiger partial charge is 0.490 e. The first-order valence-corrected chi connectivity index (χ1v) is 8.68. The molecule has 2 aliphatic rings. The maximum Gasteiger partial charge on any atom is 0.241 e. The minimum atomic E-state index is -0.107. The number of benzene rings is 1. The molecule has 5 heteroatoms. The number of rotatable bonds is 3. The number of ether oxygens (including phenoxy) is 2. The molecule has 1 unspecified atom stereocenters. The molecule has 2 heterocycles. The summed E-state index contributed by atoms with van der Waals surface area (Å²) in [4.78, 5) is 14.8. The molecule has 0 aliphatic carbocycles. The summed E-state index contributed by atoms with van der Waals surface area (Å²) < 4.78 is 11.3. The second-order valence-corrected chi connectivity index (χ2v) is 6.33. The summed E-state index contributed by atoms with van der Waals surface area (Å²) in [5.41, 5.74) is 0.765. The van der Waals surface area contributed by atoms with E-state index in [2.05, 4.69) is 10.2 Å². The van der Waals surface area contributed by atoms with Gasteiger partial charge in [0.15, 0.2) is 11.5 Å². The Morgan fingerprint density at radius 3 is 2.48 bits per heavy atom. The van der Waals surface area contributed by atoms with Gasteiger partial charge in [0.25, 0.3) is 0 Å². The fourth-order valence-corrected chi connectivity index (χ4v) is 3.14. The van der Waals surface area contributed by atoms with Gasteiger partial charge in [0, 0.05) is 18.2 Å². The maximum absolute atomic E-state index is 12.5. The number of fused-ring (bicyclic) bond motifs is 1. The van der Waals surface area contributed by atoms with Crippen LogP contribution in [0, 0.1) is 0 Å². The third kappa shape index (κ3) is 4.16. The number of hydrogen-bond donors (Lipinski definition) is 1. The van der Waals surface area contributed by atoms with Gasteiger partial charge in [0.2, 0.25) is 5.91 Å². The average Bonchev–Trinajstić information content (AvgIpc) is 2.96. The Hall–Kier alpha value is -1.75. The average molecular weight is 318 g/mol. The molecule has 0 bridgehead atoms. The van der Waals surface area contributed by atoms with Crippen molar-refractivity contribution in [1.29, 1.82) is 0 Å². The lowest BCUT2D eigenvalue weighted by atomic mass is 10.2. The summed E-state index contributed by atoms with van der Waals surface area (Å²) in [6.45, 7) is 5.33. The molecular weight excluding hydrogens is 292 g/mol. The summed E-state index contributed by atoms with van der Waals surface area (Å²) in [5.74, 6) is 1.50. The fraction of sp³-hybridized carbons (Fsp3) is 0.611. The summed E-state index contributed by atoms with van der Waals surface area (Å²) in [6, 6.07) is 5.49. The van der Waals surface area contributed by atoms with Crippen LogP contribution in [0.25, 0.3) is 0 Å². The van der Waals surface area contributed by atoms with E-state index in [0.717, 1.165) is 30.9 Å². The van der Waals surface area contributed by atoms with Crippen molar-refractivity contribution in [2.24, 2.45) is 0 Å². The van der Waals surface area contributed by atoms with E-state index in [9.17, 15) is 4.79 Å². The minimum Gasteiger partial charge on any atom is -0.490 e. The fourth-order valence-electron chi connectivity index (χ4n) is 3.14. The van der Waals surface area contributed by atoms with Gasteiger partial charge in [-0.15, -0.1) is 0 Å². The van der Waals surface area contributed by atoms with Gasteiger partial charge in [-0.2, -0.15) is 0 Å². The number of hydrogen-bond acceptors (Lipinski definition) is 4. The second kappa shape index (κ2) is 7.68. The highest BCUT2D eigenvalue weighted by Gasteiger charge is 2.22. The van der Waals surface area contributed by atoms with E-state index >= 15 is 0 Å². The molecule has 0 spiro atoms. The first-order chi connectivity index (χ1) is 11.2. The predicted molar refractivity (Wildman–Crippen MR) is 90.2 cm³/mol. The molecule has 2 aliphatic heterocycles. The monoisotopic (exact) mass is 318 g/mol. The van der Waals surface area contributed by atoms with Crippen molar-refractivity contribution in [3.05, 3.63) is 18.2 Å². The van der Waals surface area contributed by atoms with Gasteiger partial charge in [0.05, 0.1) is 19.3 Å². The smallest absolute Gasteiger partial charge is 0.241 e. The van der Waals surface area contributed by atoms with Crippen molar-refractivity contribution in [3.8, 4) is 11.5 Å². The Labute approximate surface area is 137 Å². The Kier molecular flexibility index (Phi) is 5.39. The third-order valence-electron chi connectivity index (χ3n) is 4.58. The maximum atomic E-state index is 12.5. The first-order valence-electron chi connectivity index (χ1n) is 8.68.